The molecule has 0 aliphatic heterocycles. The summed E-state index contributed by atoms with van der Waals surface area (Å²) >= 11 is 11.6. The maximum Gasteiger partial charge on any atom is 0.271 e. The van der Waals surface area contributed by atoms with Crippen LogP contribution in [0.15, 0.2) is 12.1 Å². The van der Waals surface area contributed by atoms with Crippen molar-refractivity contribution in [2.24, 2.45) is 0 Å². The molecule has 0 spiro atoms. The number of amides is 1. The number of nitro groups is 1. The Morgan fingerprint density at radius 2 is 2.16 bits per heavy atom. The SMILES string of the molecule is CCC(CO)NC(=O)c1cc([N+](=O)[O-])cc(Cl)c1Cl. The third-order valence-corrected chi connectivity index (χ3v) is 3.32. The lowest BCUT2D eigenvalue weighted by atomic mass is 10.1. The summed E-state index contributed by atoms with van der Waals surface area (Å²) < 4.78 is 0. The molecule has 0 saturated carbocycles. The van der Waals surface area contributed by atoms with Gasteiger partial charge in [0.05, 0.1) is 33.2 Å². The van der Waals surface area contributed by atoms with Gasteiger partial charge in [-0.1, -0.05) is 30.1 Å². The first kappa shape index (κ1) is 15.7. The third-order valence-electron chi connectivity index (χ3n) is 2.52. The van der Waals surface area contributed by atoms with Crippen LogP contribution in [0, 0.1) is 10.1 Å². The summed E-state index contributed by atoms with van der Waals surface area (Å²) in [5, 5.41) is 22.1. The van der Waals surface area contributed by atoms with E-state index in [1.165, 1.54) is 0 Å². The van der Waals surface area contributed by atoms with Crippen LogP contribution in [-0.2, 0) is 0 Å². The number of benzene rings is 1. The van der Waals surface area contributed by atoms with Gasteiger partial charge in [0, 0.05) is 12.1 Å². The number of non-ortho nitro benzene ring substituents is 1. The molecule has 0 aliphatic rings. The number of carbonyl (C=O) groups is 1. The largest absolute Gasteiger partial charge is 0.394 e. The first-order valence-corrected chi connectivity index (χ1v) is 6.21. The molecular weight excluding hydrogens is 295 g/mol. The molecule has 6 nitrogen and oxygen atoms in total. The monoisotopic (exact) mass is 306 g/mol. The van der Waals surface area contributed by atoms with Gasteiger partial charge in [-0.05, 0) is 6.42 Å². The molecule has 0 saturated heterocycles. The first-order chi connectivity index (χ1) is 8.90. The Bertz CT molecular complexity index is 504. The Kier molecular flexibility index (Phi) is 5.53. The van der Waals surface area contributed by atoms with Crippen molar-refractivity contribution in [1.29, 1.82) is 0 Å². The molecule has 1 amide bonds. The van der Waals surface area contributed by atoms with Gasteiger partial charge in [0.25, 0.3) is 11.6 Å². The number of hydrogen-bond acceptors (Lipinski definition) is 4. The quantitative estimate of drug-likeness (QED) is 0.645. The second kappa shape index (κ2) is 6.70. The molecular formula is C11H12Cl2N2O4. The zero-order chi connectivity index (χ0) is 14.6. The lowest BCUT2D eigenvalue weighted by molar-refractivity contribution is -0.384. The minimum Gasteiger partial charge on any atom is -0.394 e. The number of halogens is 2. The number of hydrogen-bond donors (Lipinski definition) is 2. The van der Waals surface area contributed by atoms with Crippen molar-refractivity contribution in [2.75, 3.05) is 6.61 Å². The van der Waals surface area contributed by atoms with E-state index in [4.69, 9.17) is 28.3 Å². The smallest absolute Gasteiger partial charge is 0.271 e. The number of nitro benzene ring substituents is 1. The number of aliphatic hydroxyl groups is 1. The number of nitrogens with one attached hydrogen (secondary N) is 1. The van der Waals surface area contributed by atoms with Gasteiger partial charge in [-0.3, -0.25) is 14.9 Å². The van der Waals surface area contributed by atoms with Crippen LogP contribution >= 0.6 is 23.2 Å². The summed E-state index contributed by atoms with van der Waals surface area (Å²) in [7, 11) is 0. The Morgan fingerprint density at radius 1 is 1.53 bits per heavy atom. The van der Waals surface area contributed by atoms with Crippen LogP contribution in [0.3, 0.4) is 0 Å². The Balaban J connectivity index is 3.11. The third kappa shape index (κ3) is 3.79. The minimum atomic E-state index is -0.664. The average Bonchev–Trinajstić information content (AvgIpc) is 2.38. The van der Waals surface area contributed by atoms with Crippen molar-refractivity contribution >= 4 is 34.8 Å². The van der Waals surface area contributed by atoms with Gasteiger partial charge < -0.3 is 10.4 Å². The van der Waals surface area contributed by atoms with E-state index in [0.29, 0.717) is 6.42 Å². The minimum absolute atomic E-state index is 0.0578. The molecule has 104 valence electrons. The van der Waals surface area contributed by atoms with Crippen LogP contribution in [0.1, 0.15) is 23.7 Å². The van der Waals surface area contributed by atoms with E-state index in [-0.39, 0.29) is 27.9 Å². The highest BCUT2D eigenvalue weighted by Gasteiger charge is 2.20. The molecule has 1 unspecified atom stereocenters. The normalized spacial score (nSPS) is 12.0. The summed E-state index contributed by atoms with van der Waals surface area (Å²) in [5.41, 5.74) is -0.413. The van der Waals surface area contributed by atoms with E-state index in [1.54, 1.807) is 6.92 Å². The molecule has 0 aromatic heterocycles. The lowest BCUT2D eigenvalue weighted by Gasteiger charge is -2.14. The first-order valence-electron chi connectivity index (χ1n) is 5.45. The van der Waals surface area contributed by atoms with Gasteiger partial charge >= 0.3 is 0 Å². The summed E-state index contributed by atoms with van der Waals surface area (Å²) in [4.78, 5) is 22.0. The van der Waals surface area contributed by atoms with Crippen molar-refractivity contribution in [1.82, 2.24) is 5.32 Å². The standard InChI is InChI=1S/C11H12Cl2N2O4/c1-2-6(5-16)14-11(17)8-3-7(15(18)19)4-9(12)10(8)13/h3-4,6,16H,2,5H2,1H3,(H,14,17). The molecule has 0 radical (unpaired) electrons. The summed E-state index contributed by atoms with van der Waals surface area (Å²) in [6.45, 7) is 1.55. The highest BCUT2D eigenvalue weighted by Crippen LogP contribution is 2.30. The lowest BCUT2D eigenvalue weighted by Crippen LogP contribution is -2.37. The van der Waals surface area contributed by atoms with Crippen LogP contribution in [-0.4, -0.2) is 28.6 Å². The van der Waals surface area contributed by atoms with Crippen LogP contribution < -0.4 is 5.32 Å². The molecule has 19 heavy (non-hydrogen) atoms. The molecule has 0 aliphatic carbocycles. The molecule has 0 fully saturated rings. The summed E-state index contributed by atoms with van der Waals surface area (Å²) in [6, 6.07) is 1.68. The van der Waals surface area contributed by atoms with Gasteiger partial charge in [-0.25, -0.2) is 0 Å². The highest BCUT2D eigenvalue weighted by atomic mass is 35.5. The number of nitrogens with zero attached hydrogens (tertiary/aromatic N) is 1. The fourth-order valence-electron chi connectivity index (χ4n) is 1.39. The molecule has 1 rings (SSSR count). The second-order valence-electron chi connectivity index (χ2n) is 3.81. The van der Waals surface area contributed by atoms with Crippen molar-refractivity contribution in [3.8, 4) is 0 Å². The van der Waals surface area contributed by atoms with Gasteiger partial charge in [-0.15, -0.1) is 0 Å². The van der Waals surface area contributed by atoms with Crippen LogP contribution in [0.2, 0.25) is 10.0 Å². The topological polar surface area (TPSA) is 92.5 Å². The Labute approximate surface area is 119 Å². The summed E-state index contributed by atoms with van der Waals surface area (Å²) in [6.07, 6.45) is 0.516. The predicted molar refractivity (Wildman–Crippen MR) is 71.7 cm³/mol. The van der Waals surface area contributed by atoms with Crippen molar-refractivity contribution in [3.05, 3.63) is 37.9 Å². The number of aliphatic hydroxyl groups excluding tert-OH is 1. The number of rotatable bonds is 5. The predicted octanol–water partition coefficient (Wildman–Crippen LogP) is 2.40. The van der Waals surface area contributed by atoms with E-state index < -0.39 is 16.9 Å². The van der Waals surface area contributed by atoms with Crippen molar-refractivity contribution < 1.29 is 14.8 Å². The van der Waals surface area contributed by atoms with E-state index in [9.17, 15) is 14.9 Å². The molecule has 8 heteroatoms. The number of carbonyl (C=O) groups excluding carboxylic acids is 1. The zero-order valence-corrected chi connectivity index (χ0v) is 11.5. The van der Waals surface area contributed by atoms with Crippen LogP contribution in [0.4, 0.5) is 5.69 Å². The van der Waals surface area contributed by atoms with E-state index in [0.717, 1.165) is 12.1 Å². The average molecular weight is 307 g/mol. The van der Waals surface area contributed by atoms with Crippen molar-refractivity contribution in [2.45, 2.75) is 19.4 Å². The maximum atomic E-state index is 11.9. The molecule has 0 heterocycles. The van der Waals surface area contributed by atoms with Crippen LogP contribution in [0.25, 0.3) is 0 Å². The Hall–Kier alpha value is -1.37. The fraction of sp³-hybridized carbons (Fsp3) is 0.364. The molecule has 0 bridgehead atoms. The van der Waals surface area contributed by atoms with Gasteiger partial charge in [0.1, 0.15) is 0 Å². The van der Waals surface area contributed by atoms with E-state index in [2.05, 4.69) is 5.32 Å². The highest BCUT2D eigenvalue weighted by molar-refractivity contribution is 6.44. The molecule has 1 aromatic rings. The zero-order valence-electron chi connectivity index (χ0n) is 10.0. The second-order valence-corrected chi connectivity index (χ2v) is 4.59. The summed E-state index contributed by atoms with van der Waals surface area (Å²) in [5.74, 6) is -0.614. The molecule has 1 atom stereocenters. The van der Waals surface area contributed by atoms with Crippen molar-refractivity contribution in [3.63, 3.8) is 0 Å². The Morgan fingerprint density at radius 3 is 2.63 bits per heavy atom. The van der Waals surface area contributed by atoms with E-state index >= 15 is 0 Å². The van der Waals surface area contributed by atoms with Gasteiger partial charge in [0.2, 0.25) is 0 Å². The fourth-order valence-corrected chi connectivity index (χ4v) is 1.79. The van der Waals surface area contributed by atoms with Crippen LogP contribution in [0.5, 0.6) is 0 Å². The molecule has 2 N–H and O–H groups in total. The van der Waals surface area contributed by atoms with Gasteiger partial charge in [-0.2, -0.15) is 0 Å². The maximum absolute atomic E-state index is 11.9. The van der Waals surface area contributed by atoms with Gasteiger partial charge in [0.15, 0.2) is 0 Å². The van der Waals surface area contributed by atoms with E-state index in [1.807, 2.05) is 0 Å². The molecule has 1 aromatic carbocycles.